The molecule has 6 heteroatoms. The Morgan fingerprint density at radius 1 is 1.22 bits per heavy atom. The molecule has 136 valence electrons. The quantitative estimate of drug-likeness (QED) is 0.405. The van der Waals surface area contributed by atoms with Crippen molar-refractivity contribution in [3.8, 4) is 11.5 Å². The van der Waals surface area contributed by atoms with E-state index in [0.717, 1.165) is 23.9 Å². The summed E-state index contributed by atoms with van der Waals surface area (Å²) < 4.78 is 5.31. The predicted molar refractivity (Wildman–Crippen MR) is 105 cm³/mol. The molecule has 0 spiro atoms. The first kappa shape index (κ1) is 17.0. The molecule has 0 saturated carbocycles. The normalized spacial score (nSPS) is 12.8. The minimum Gasteiger partial charge on any atom is -0.504 e. The summed E-state index contributed by atoms with van der Waals surface area (Å²) in [5, 5.41) is 23.8. The standard InChI is InChI=1S/C21H18N2O4/c1-2-27-19-11-16(23(25)26)10-15(21(19)24)12-22-18-9-8-14-7-6-13-4-3-5-17(18)20(13)14/h3-5,8-12,24H,2,6-7H2,1H3. The van der Waals surface area contributed by atoms with Crippen LogP contribution in [0.5, 0.6) is 11.5 Å². The summed E-state index contributed by atoms with van der Waals surface area (Å²) in [5.74, 6) is -0.0781. The van der Waals surface area contributed by atoms with Crippen molar-refractivity contribution >= 4 is 28.4 Å². The summed E-state index contributed by atoms with van der Waals surface area (Å²) in [4.78, 5) is 15.2. The van der Waals surface area contributed by atoms with Crippen LogP contribution in [-0.4, -0.2) is 22.9 Å². The molecule has 0 radical (unpaired) electrons. The van der Waals surface area contributed by atoms with E-state index in [1.807, 2.05) is 18.2 Å². The van der Waals surface area contributed by atoms with E-state index in [2.05, 4.69) is 17.1 Å². The van der Waals surface area contributed by atoms with Gasteiger partial charge in [-0.1, -0.05) is 24.3 Å². The van der Waals surface area contributed by atoms with Crippen molar-refractivity contribution in [3.63, 3.8) is 0 Å². The molecule has 0 aliphatic heterocycles. The molecule has 0 heterocycles. The number of ether oxygens (including phenoxy) is 1. The van der Waals surface area contributed by atoms with Crippen LogP contribution in [0.1, 0.15) is 23.6 Å². The highest BCUT2D eigenvalue weighted by Crippen LogP contribution is 2.37. The number of aromatic hydroxyl groups is 1. The second-order valence-electron chi connectivity index (χ2n) is 6.41. The number of nitro groups is 1. The lowest BCUT2D eigenvalue weighted by atomic mass is 10.0. The Labute approximate surface area is 155 Å². The monoisotopic (exact) mass is 362 g/mol. The van der Waals surface area contributed by atoms with Gasteiger partial charge >= 0.3 is 0 Å². The van der Waals surface area contributed by atoms with Gasteiger partial charge in [0.05, 0.1) is 23.3 Å². The van der Waals surface area contributed by atoms with Crippen LogP contribution in [0.4, 0.5) is 11.4 Å². The Bertz CT molecular complexity index is 1080. The van der Waals surface area contributed by atoms with Crippen molar-refractivity contribution in [2.24, 2.45) is 4.99 Å². The topological polar surface area (TPSA) is 85.0 Å². The minimum absolute atomic E-state index is 0.0774. The molecule has 0 bridgehead atoms. The first-order valence-corrected chi connectivity index (χ1v) is 8.80. The molecule has 3 aromatic rings. The summed E-state index contributed by atoms with van der Waals surface area (Å²) in [5.41, 5.74) is 3.49. The van der Waals surface area contributed by atoms with Crippen LogP contribution in [0.2, 0.25) is 0 Å². The summed E-state index contributed by atoms with van der Waals surface area (Å²) in [6.45, 7) is 2.04. The molecule has 4 rings (SSSR count). The van der Waals surface area contributed by atoms with Gasteiger partial charge in [0.25, 0.3) is 5.69 Å². The van der Waals surface area contributed by atoms with Gasteiger partial charge in [0.15, 0.2) is 11.5 Å². The van der Waals surface area contributed by atoms with Crippen molar-refractivity contribution in [3.05, 3.63) is 69.3 Å². The molecular formula is C21H18N2O4. The van der Waals surface area contributed by atoms with Crippen molar-refractivity contribution in [1.82, 2.24) is 0 Å². The fraction of sp³-hybridized carbons (Fsp3) is 0.190. The van der Waals surface area contributed by atoms with Crippen molar-refractivity contribution in [1.29, 1.82) is 0 Å². The number of aliphatic imine (C=N–C) groups is 1. The van der Waals surface area contributed by atoms with E-state index in [9.17, 15) is 15.2 Å². The molecule has 0 atom stereocenters. The van der Waals surface area contributed by atoms with Gasteiger partial charge in [-0.2, -0.15) is 0 Å². The third-order valence-electron chi connectivity index (χ3n) is 4.80. The SMILES string of the molecule is CCOc1cc([N+](=O)[O-])cc(C=Nc2ccc3c4c(cccc24)CC3)c1O. The zero-order valence-corrected chi connectivity index (χ0v) is 14.8. The number of phenols is 1. The number of hydrogen-bond donors (Lipinski definition) is 1. The molecule has 0 amide bonds. The summed E-state index contributed by atoms with van der Waals surface area (Å²) in [7, 11) is 0. The largest absolute Gasteiger partial charge is 0.504 e. The van der Waals surface area contributed by atoms with E-state index >= 15 is 0 Å². The van der Waals surface area contributed by atoms with Gasteiger partial charge in [0.1, 0.15) is 0 Å². The van der Waals surface area contributed by atoms with Crippen LogP contribution in [0, 0.1) is 10.1 Å². The van der Waals surface area contributed by atoms with Gasteiger partial charge < -0.3 is 9.84 Å². The van der Waals surface area contributed by atoms with Crippen LogP contribution in [0.25, 0.3) is 10.8 Å². The van der Waals surface area contributed by atoms with Crippen molar-refractivity contribution in [2.75, 3.05) is 6.61 Å². The van der Waals surface area contributed by atoms with E-state index in [-0.39, 0.29) is 22.7 Å². The van der Waals surface area contributed by atoms with E-state index < -0.39 is 4.92 Å². The van der Waals surface area contributed by atoms with Crippen LogP contribution >= 0.6 is 0 Å². The average molecular weight is 362 g/mol. The molecule has 3 aromatic carbocycles. The Hall–Kier alpha value is -3.41. The molecular weight excluding hydrogens is 344 g/mol. The van der Waals surface area contributed by atoms with Crippen molar-refractivity contribution in [2.45, 2.75) is 19.8 Å². The van der Waals surface area contributed by atoms with E-state index in [0.29, 0.717) is 6.61 Å². The average Bonchev–Trinajstić information content (AvgIpc) is 3.08. The lowest BCUT2D eigenvalue weighted by molar-refractivity contribution is -0.385. The highest BCUT2D eigenvalue weighted by atomic mass is 16.6. The van der Waals surface area contributed by atoms with Gasteiger partial charge in [-0.05, 0) is 42.3 Å². The molecule has 1 aliphatic carbocycles. The third kappa shape index (κ3) is 2.99. The molecule has 0 unspecified atom stereocenters. The zero-order chi connectivity index (χ0) is 19.0. The van der Waals surface area contributed by atoms with E-state index in [4.69, 9.17) is 4.74 Å². The van der Waals surface area contributed by atoms with Crippen molar-refractivity contribution < 1.29 is 14.8 Å². The highest BCUT2D eigenvalue weighted by Gasteiger charge is 2.17. The minimum atomic E-state index is -0.516. The number of nitrogens with zero attached hydrogens (tertiary/aromatic N) is 2. The molecule has 27 heavy (non-hydrogen) atoms. The molecule has 0 saturated heterocycles. The number of phenolic OH excluding ortho intramolecular Hbond substituents is 1. The van der Waals surface area contributed by atoms with Crippen LogP contribution < -0.4 is 4.74 Å². The highest BCUT2D eigenvalue weighted by molar-refractivity contribution is 6.00. The maximum Gasteiger partial charge on any atom is 0.274 e. The lowest BCUT2D eigenvalue weighted by Crippen LogP contribution is -1.97. The van der Waals surface area contributed by atoms with E-state index in [1.54, 1.807) is 6.92 Å². The molecule has 6 nitrogen and oxygen atoms in total. The van der Waals surface area contributed by atoms with Gasteiger partial charge in [-0.25, -0.2) is 0 Å². The number of rotatable bonds is 5. The zero-order valence-electron chi connectivity index (χ0n) is 14.8. The third-order valence-corrected chi connectivity index (χ3v) is 4.80. The first-order chi connectivity index (χ1) is 13.1. The van der Waals surface area contributed by atoms with Gasteiger partial charge in [-0.15, -0.1) is 0 Å². The van der Waals surface area contributed by atoms with Gasteiger partial charge in [0.2, 0.25) is 0 Å². The Morgan fingerprint density at radius 2 is 2.00 bits per heavy atom. The fourth-order valence-corrected chi connectivity index (χ4v) is 3.57. The molecule has 0 fully saturated rings. The van der Waals surface area contributed by atoms with Crippen LogP contribution in [0.3, 0.4) is 0 Å². The van der Waals surface area contributed by atoms with Gasteiger partial charge in [0, 0.05) is 23.2 Å². The molecule has 0 aromatic heterocycles. The molecule has 1 aliphatic rings. The summed E-state index contributed by atoms with van der Waals surface area (Å²) in [6, 6.07) is 12.7. The number of aryl methyl sites for hydroxylation is 2. The smallest absolute Gasteiger partial charge is 0.274 e. The van der Waals surface area contributed by atoms with Gasteiger partial charge in [-0.3, -0.25) is 15.1 Å². The van der Waals surface area contributed by atoms with Crippen LogP contribution in [0.15, 0.2) is 47.5 Å². The number of nitro benzene ring substituents is 1. The number of non-ortho nitro benzene ring substituents is 1. The molecule has 1 N–H and O–H groups in total. The fourth-order valence-electron chi connectivity index (χ4n) is 3.57. The number of benzene rings is 3. The second-order valence-corrected chi connectivity index (χ2v) is 6.41. The predicted octanol–water partition coefficient (Wildman–Crippen LogP) is 4.70. The summed E-state index contributed by atoms with van der Waals surface area (Å²) in [6.07, 6.45) is 3.51. The Morgan fingerprint density at radius 3 is 2.74 bits per heavy atom. The number of hydrogen-bond acceptors (Lipinski definition) is 5. The first-order valence-electron chi connectivity index (χ1n) is 8.80. The summed E-state index contributed by atoms with van der Waals surface area (Å²) >= 11 is 0. The Balaban J connectivity index is 1.80. The van der Waals surface area contributed by atoms with E-state index in [1.165, 1.54) is 34.9 Å². The second kappa shape index (κ2) is 6.72. The maximum atomic E-state index is 11.2. The lowest BCUT2D eigenvalue weighted by Gasteiger charge is -2.08. The Kier molecular flexibility index (Phi) is 4.24. The maximum absolute atomic E-state index is 11.2. The van der Waals surface area contributed by atoms with Crippen LogP contribution in [-0.2, 0) is 12.8 Å².